The molecule has 25 heavy (non-hydrogen) atoms. The van der Waals surface area contributed by atoms with Crippen molar-refractivity contribution in [3.05, 3.63) is 53.3 Å². The van der Waals surface area contributed by atoms with Crippen LogP contribution in [0.3, 0.4) is 0 Å². The first-order valence-corrected chi connectivity index (χ1v) is 7.94. The standard InChI is InChI=1S/C18H23N3O4/c1-18(2,3)25-17(23)19-11-14-10-15(16(22)24-4)20-21(14)12-13-8-6-5-7-9-13/h5-10H,11-12H2,1-4H3,(H,19,23). The largest absolute Gasteiger partial charge is 0.464 e. The van der Waals surface area contributed by atoms with Crippen molar-refractivity contribution < 1.29 is 19.1 Å². The van der Waals surface area contributed by atoms with Gasteiger partial charge in [0.15, 0.2) is 5.69 Å². The van der Waals surface area contributed by atoms with Crippen LogP contribution < -0.4 is 5.32 Å². The molecular formula is C18H23N3O4. The molecule has 7 nitrogen and oxygen atoms in total. The van der Waals surface area contributed by atoms with Crippen LogP contribution in [0.15, 0.2) is 36.4 Å². The lowest BCUT2D eigenvalue weighted by molar-refractivity contribution is 0.0521. The van der Waals surface area contributed by atoms with Gasteiger partial charge in [-0.25, -0.2) is 9.59 Å². The summed E-state index contributed by atoms with van der Waals surface area (Å²) in [6, 6.07) is 11.3. The van der Waals surface area contributed by atoms with E-state index >= 15 is 0 Å². The number of hydrogen-bond donors (Lipinski definition) is 1. The minimum absolute atomic E-state index is 0.186. The van der Waals surface area contributed by atoms with Crippen molar-refractivity contribution >= 4 is 12.1 Å². The maximum atomic E-state index is 11.8. The van der Waals surface area contributed by atoms with Crippen molar-refractivity contribution in [3.8, 4) is 0 Å². The highest BCUT2D eigenvalue weighted by Crippen LogP contribution is 2.11. The van der Waals surface area contributed by atoms with E-state index in [-0.39, 0.29) is 12.2 Å². The monoisotopic (exact) mass is 345 g/mol. The summed E-state index contributed by atoms with van der Waals surface area (Å²) in [7, 11) is 1.30. The van der Waals surface area contributed by atoms with Gasteiger partial charge >= 0.3 is 12.1 Å². The van der Waals surface area contributed by atoms with Gasteiger partial charge in [0.25, 0.3) is 0 Å². The summed E-state index contributed by atoms with van der Waals surface area (Å²) < 4.78 is 11.6. The molecule has 2 aromatic rings. The molecule has 0 aliphatic rings. The molecule has 0 aliphatic heterocycles. The number of amides is 1. The van der Waals surface area contributed by atoms with E-state index in [9.17, 15) is 9.59 Å². The smallest absolute Gasteiger partial charge is 0.407 e. The van der Waals surface area contributed by atoms with Gasteiger partial charge in [0.1, 0.15) is 5.60 Å². The fourth-order valence-corrected chi connectivity index (χ4v) is 2.17. The van der Waals surface area contributed by atoms with Crippen LogP contribution in [-0.4, -0.2) is 34.6 Å². The lowest BCUT2D eigenvalue weighted by atomic mass is 10.2. The Morgan fingerprint density at radius 2 is 1.88 bits per heavy atom. The number of carbonyl (C=O) groups is 2. The predicted octanol–water partition coefficient (Wildman–Crippen LogP) is 2.74. The molecule has 1 N–H and O–H groups in total. The number of carbonyl (C=O) groups excluding carboxylic acids is 2. The lowest BCUT2D eigenvalue weighted by Crippen LogP contribution is -2.32. The number of rotatable bonds is 5. The van der Waals surface area contributed by atoms with Crippen LogP contribution in [0.5, 0.6) is 0 Å². The summed E-state index contributed by atoms with van der Waals surface area (Å²) in [5, 5.41) is 6.96. The van der Waals surface area contributed by atoms with Crippen molar-refractivity contribution in [2.24, 2.45) is 0 Å². The number of methoxy groups -OCH3 is 1. The van der Waals surface area contributed by atoms with E-state index in [2.05, 4.69) is 10.4 Å². The van der Waals surface area contributed by atoms with E-state index in [1.165, 1.54) is 7.11 Å². The molecule has 0 saturated carbocycles. The summed E-state index contributed by atoms with van der Waals surface area (Å²) in [6.45, 7) is 6.04. The Kier molecular flexibility index (Phi) is 5.80. The molecule has 0 spiro atoms. The van der Waals surface area contributed by atoms with Crippen LogP contribution in [0, 0.1) is 0 Å². The van der Waals surface area contributed by atoms with E-state index in [4.69, 9.17) is 9.47 Å². The Bertz CT molecular complexity index is 733. The van der Waals surface area contributed by atoms with Gasteiger partial charge in [-0.3, -0.25) is 4.68 Å². The third-order valence-electron chi connectivity index (χ3n) is 3.25. The van der Waals surface area contributed by atoms with Crippen molar-refractivity contribution in [2.45, 2.75) is 39.5 Å². The Hall–Kier alpha value is -2.83. The van der Waals surface area contributed by atoms with Crippen LogP contribution in [0.1, 0.15) is 42.5 Å². The second kappa shape index (κ2) is 7.83. The minimum atomic E-state index is -0.578. The number of ether oxygens (including phenoxy) is 2. The van der Waals surface area contributed by atoms with E-state index in [1.54, 1.807) is 31.5 Å². The summed E-state index contributed by atoms with van der Waals surface area (Å²) in [6.07, 6.45) is -0.528. The molecule has 1 aromatic carbocycles. The third-order valence-corrected chi connectivity index (χ3v) is 3.25. The number of nitrogens with one attached hydrogen (secondary N) is 1. The van der Waals surface area contributed by atoms with Crippen LogP contribution in [0.25, 0.3) is 0 Å². The van der Waals surface area contributed by atoms with Crippen molar-refractivity contribution in [2.75, 3.05) is 7.11 Å². The molecule has 0 atom stereocenters. The van der Waals surface area contributed by atoms with Crippen LogP contribution in [0.2, 0.25) is 0 Å². The highest BCUT2D eigenvalue weighted by Gasteiger charge is 2.18. The van der Waals surface area contributed by atoms with Gasteiger partial charge < -0.3 is 14.8 Å². The second-order valence-corrected chi connectivity index (χ2v) is 6.51. The minimum Gasteiger partial charge on any atom is -0.464 e. The fraction of sp³-hybridized carbons (Fsp3) is 0.389. The lowest BCUT2D eigenvalue weighted by Gasteiger charge is -2.19. The van der Waals surface area contributed by atoms with Gasteiger partial charge in [-0.1, -0.05) is 30.3 Å². The molecule has 0 radical (unpaired) electrons. The molecule has 0 unspecified atom stereocenters. The number of esters is 1. The molecule has 0 fully saturated rings. The second-order valence-electron chi connectivity index (χ2n) is 6.51. The van der Waals surface area contributed by atoms with E-state index in [0.29, 0.717) is 12.2 Å². The Balaban J connectivity index is 2.15. The Morgan fingerprint density at radius 3 is 2.48 bits per heavy atom. The summed E-state index contributed by atoms with van der Waals surface area (Å²) in [5.41, 5.74) is 1.32. The molecule has 1 amide bonds. The zero-order valence-corrected chi connectivity index (χ0v) is 14.9. The maximum absolute atomic E-state index is 11.8. The molecule has 1 heterocycles. The molecular weight excluding hydrogens is 322 g/mol. The van der Waals surface area contributed by atoms with Crippen molar-refractivity contribution in [1.29, 1.82) is 0 Å². The first-order valence-electron chi connectivity index (χ1n) is 7.94. The van der Waals surface area contributed by atoms with Gasteiger partial charge in [0, 0.05) is 0 Å². The van der Waals surface area contributed by atoms with Crippen LogP contribution in [-0.2, 0) is 22.6 Å². The molecule has 134 valence electrons. The average molecular weight is 345 g/mol. The summed E-state index contributed by atoms with van der Waals surface area (Å²) in [4.78, 5) is 23.6. The Labute approximate surface area is 146 Å². The van der Waals surface area contributed by atoms with Crippen LogP contribution >= 0.6 is 0 Å². The Morgan fingerprint density at radius 1 is 1.20 bits per heavy atom. The third kappa shape index (κ3) is 5.63. The molecule has 0 aliphatic carbocycles. The highest BCUT2D eigenvalue weighted by molar-refractivity contribution is 5.87. The van der Waals surface area contributed by atoms with Gasteiger partial charge in [-0.15, -0.1) is 0 Å². The quantitative estimate of drug-likeness (QED) is 0.843. The van der Waals surface area contributed by atoms with Crippen molar-refractivity contribution in [3.63, 3.8) is 0 Å². The molecule has 1 aromatic heterocycles. The summed E-state index contributed by atoms with van der Waals surface area (Å²) >= 11 is 0. The van der Waals surface area contributed by atoms with Gasteiger partial charge in [0.2, 0.25) is 0 Å². The molecule has 0 bridgehead atoms. The van der Waals surface area contributed by atoms with Gasteiger partial charge in [0.05, 0.1) is 25.9 Å². The van der Waals surface area contributed by atoms with Gasteiger partial charge in [-0.2, -0.15) is 5.10 Å². The van der Waals surface area contributed by atoms with Crippen molar-refractivity contribution in [1.82, 2.24) is 15.1 Å². The first kappa shape index (κ1) is 18.5. The first-order chi connectivity index (χ1) is 11.8. The average Bonchev–Trinajstić information content (AvgIpc) is 2.94. The van der Waals surface area contributed by atoms with Crippen LogP contribution in [0.4, 0.5) is 4.79 Å². The normalized spacial score (nSPS) is 11.0. The zero-order chi connectivity index (χ0) is 18.4. The van der Waals surface area contributed by atoms with E-state index in [0.717, 1.165) is 5.56 Å². The maximum Gasteiger partial charge on any atom is 0.407 e. The molecule has 0 saturated heterocycles. The number of benzene rings is 1. The highest BCUT2D eigenvalue weighted by atomic mass is 16.6. The topological polar surface area (TPSA) is 82.5 Å². The summed E-state index contributed by atoms with van der Waals surface area (Å²) in [5.74, 6) is -0.523. The molecule has 2 rings (SSSR count). The van der Waals surface area contributed by atoms with Gasteiger partial charge in [-0.05, 0) is 32.4 Å². The molecule has 7 heteroatoms. The van der Waals surface area contributed by atoms with E-state index in [1.807, 2.05) is 30.3 Å². The predicted molar refractivity (Wildman–Crippen MR) is 92.2 cm³/mol. The van der Waals surface area contributed by atoms with E-state index < -0.39 is 17.7 Å². The zero-order valence-electron chi connectivity index (χ0n) is 14.9. The number of nitrogens with zero attached hydrogens (tertiary/aromatic N) is 2. The number of hydrogen-bond acceptors (Lipinski definition) is 5. The SMILES string of the molecule is COC(=O)c1cc(CNC(=O)OC(C)(C)C)n(Cc2ccccc2)n1. The fourth-order valence-electron chi connectivity index (χ4n) is 2.17. The number of alkyl carbamates (subject to hydrolysis) is 1. The number of aromatic nitrogens is 2.